The zero-order valence-corrected chi connectivity index (χ0v) is 11.5. The number of carboxylic acids is 1. The van der Waals surface area contributed by atoms with Gasteiger partial charge in [0, 0.05) is 19.2 Å². The number of allylic oxidation sites excluding steroid dienone is 1. The molecule has 5 nitrogen and oxygen atoms in total. The summed E-state index contributed by atoms with van der Waals surface area (Å²) in [5, 5.41) is 13.8. The second kappa shape index (κ2) is 8.55. The molecule has 0 spiro atoms. The Morgan fingerprint density at radius 1 is 1.17 bits per heavy atom. The lowest BCUT2D eigenvalue weighted by atomic mass is 9.97. The fourth-order valence-electron chi connectivity index (χ4n) is 1.20. The van der Waals surface area contributed by atoms with E-state index in [-0.39, 0.29) is 17.9 Å². The lowest BCUT2D eigenvalue weighted by Crippen LogP contribution is -2.33. The lowest BCUT2D eigenvalue weighted by Gasteiger charge is -2.11. The van der Waals surface area contributed by atoms with Crippen molar-refractivity contribution in [1.29, 1.82) is 0 Å². The summed E-state index contributed by atoms with van der Waals surface area (Å²) in [5.41, 5.74) is 0.0457. The Kier molecular flexibility index (Phi) is 7.83. The summed E-state index contributed by atoms with van der Waals surface area (Å²) in [7, 11) is 0. The van der Waals surface area contributed by atoms with Crippen molar-refractivity contribution in [2.45, 2.75) is 46.5 Å². The molecule has 0 aromatic rings. The fraction of sp³-hybridized carbons (Fsp3) is 0.692. The number of hydrogen-bond donors (Lipinski definition) is 3. The van der Waals surface area contributed by atoms with Crippen LogP contribution in [0.1, 0.15) is 46.5 Å². The molecule has 0 rings (SSSR count). The first-order valence-corrected chi connectivity index (χ1v) is 6.25. The second-order valence-corrected chi connectivity index (χ2v) is 5.30. The van der Waals surface area contributed by atoms with Gasteiger partial charge in [0.1, 0.15) is 0 Å². The number of nitrogens with one attached hydrogen (secondary N) is 2. The van der Waals surface area contributed by atoms with E-state index in [9.17, 15) is 9.59 Å². The maximum absolute atomic E-state index is 11.3. The molecule has 0 radical (unpaired) electrons. The molecule has 5 heteroatoms. The minimum Gasteiger partial charge on any atom is -0.481 e. The van der Waals surface area contributed by atoms with Crippen LogP contribution in [0.3, 0.4) is 0 Å². The van der Waals surface area contributed by atoms with Crippen LogP contribution in [0.5, 0.6) is 0 Å². The van der Waals surface area contributed by atoms with Gasteiger partial charge in [0.25, 0.3) is 0 Å². The van der Waals surface area contributed by atoms with Gasteiger partial charge >= 0.3 is 12.0 Å². The zero-order valence-electron chi connectivity index (χ0n) is 11.5. The Labute approximate surface area is 109 Å². The topological polar surface area (TPSA) is 78.4 Å². The number of aliphatic carboxylic acids is 1. The van der Waals surface area contributed by atoms with Crippen LogP contribution in [0.15, 0.2) is 12.3 Å². The molecular formula is C13H24N2O3. The van der Waals surface area contributed by atoms with E-state index in [1.807, 2.05) is 26.8 Å². The van der Waals surface area contributed by atoms with Gasteiger partial charge in [-0.05, 0) is 18.3 Å². The molecule has 3 N–H and O–H groups in total. The van der Waals surface area contributed by atoms with Crippen LogP contribution in [-0.4, -0.2) is 23.7 Å². The van der Waals surface area contributed by atoms with E-state index in [0.29, 0.717) is 13.0 Å². The average Bonchev–Trinajstić information content (AvgIpc) is 2.20. The van der Waals surface area contributed by atoms with Crippen molar-refractivity contribution in [2.75, 3.05) is 6.54 Å². The summed E-state index contributed by atoms with van der Waals surface area (Å²) in [6.07, 6.45) is 6.01. The quantitative estimate of drug-likeness (QED) is 0.612. The van der Waals surface area contributed by atoms with Gasteiger partial charge in [0.05, 0.1) is 0 Å². The van der Waals surface area contributed by atoms with Crippen molar-refractivity contribution in [1.82, 2.24) is 10.6 Å². The van der Waals surface area contributed by atoms with Crippen LogP contribution in [0, 0.1) is 5.41 Å². The van der Waals surface area contributed by atoms with Crippen LogP contribution in [0.25, 0.3) is 0 Å². The molecule has 0 heterocycles. The van der Waals surface area contributed by atoms with Gasteiger partial charge in [0.2, 0.25) is 0 Å². The standard InChI is InChI=1S/C13H24N2O3/c1-13(2,3)8-10-15-12(18)14-9-6-4-5-7-11(16)17/h8,10H,4-7,9H2,1-3H3,(H,16,17)(H2,14,15,18)/b10-8+. The number of hydrogen-bond acceptors (Lipinski definition) is 2. The average molecular weight is 256 g/mol. The van der Waals surface area contributed by atoms with Gasteiger partial charge in [-0.25, -0.2) is 4.79 Å². The van der Waals surface area contributed by atoms with E-state index in [2.05, 4.69) is 10.6 Å². The van der Waals surface area contributed by atoms with E-state index >= 15 is 0 Å². The first-order valence-electron chi connectivity index (χ1n) is 6.25. The highest BCUT2D eigenvalue weighted by Crippen LogP contribution is 2.13. The van der Waals surface area contributed by atoms with Crippen molar-refractivity contribution < 1.29 is 14.7 Å². The molecule has 0 aromatic heterocycles. The molecule has 104 valence electrons. The number of unbranched alkanes of at least 4 members (excludes halogenated alkanes) is 2. The van der Waals surface area contributed by atoms with Gasteiger partial charge in [-0.2, -0.15) is 0 Å². The van der Waals surface area contributed by atoms with E-state index < -0.39 is 5.97 Å². The van der Waals surface area contributed by atoms with Gasteiger partial charge < -0.3 is 15.7 Å². The molecule has 0 atom stereocenters. The summed E-state index contributed by atoms with van der Waals surface area (Å²) >= 11 is 0. The molecule has 0 fully saturated rings. The Morgan fingerprint density at radius 3 is 2.39 bits per heavy atom. The molecule has 0 unspecified atom stereocenters. The number of amides is 2. The van der Waals surface area contributed by atoms with Crippen LogP contribution >= 0.6 is 0 Å². The Balaban J connectivity index is 3.49. The van der Waals surface area contributed by atoms with E-state index in [1.54, 1.807) is 6.20 Å². The summed E-state index contributed by atoms with van der Waals surface area (Å²) in [6, 6.07) is -0.228. The van der Waals surface area contributed by atoms with Crippen molar-refractivity contribution >= 4 is 12.0 Å². The molecule has 0 aliphatic rings. The zero-order chi connectivity index (χ0) is 14.0. The molecule has 2 amide bonds. The summed E-state index contributed by atoms with van der Waals surface area (Å²) in [4.78, 5) is 21.6. The van der Waals surface area contributed by atoms with Crippen molar-refractivity contribution in [3.63, 3.8) is 0 Å². The molecule has 18 heavy (non-hydrogen) atoms. The molecule has 0 aliphatic heterocycles. The Morgan fingerprint density at radius 2 is 1.83 bits per heavy atom. The summed E-state index contributed by atoms with van der Waals surface area (Å²) < 4.78 is 0. The summed E-state index contributed by atoms with van der Waals surface area (Å²) in [6.45, 7) is 6.71. The second-order valence-electron chi connectivity index (χ2n) is 5.30. The first-order chi connectivity index (χ1) is 8.31. The van der Waals surface area contributed by atoms with Gasteiger partial charge in [-0.15, -0.1) is 0 Å². The molecule has 0 bridgehead atoms. The summed E-state index contributed by atoms with van der Waals surface area (Å²) in [5.74, 6) is -0.770. The highest BCUT2D eigenvalue weighted by molar-refractivity contribution is 5.74. The molecule has 0 aliphatic carbocycles. The first kappa shape index (κ1) is 16.5. The maximum Gasteiger partial charge on any atom is 0.318 e. The van der Waals surface area contributed by atoms with Gasteiger partial charge in [0.15, 0.2) is 0 Å². The van der Waals surface area contributed by atoms with Crippen LogP contribution in [0.2, 0.25) is 0 Å². The normalized spacial score (nSPS) is 11.5. The van der Waals surface area contributed by atoms with Crippen LogP contribution in [0.4, 0.5) is 4.79 Å². The van der Waals surface area contributed by atoms with E-state index in [0.717, 1.165) is 12.8 Å². The minimum atomic E-state index is -0.770. The monoisotopic (exact) mass is 256 g/mol. The van der Waals surface area contributed by atoms with Crippen LogP contribution < -0.4 is 10.6 Å². The van der Waals surface area contributed by atoms with Gasteiger partial charge in [-0.1, -0.05) is 33.3 Å². The number of carboxylic acid groups (broad SMARTS) is 1. The maximum atomic E-state index is 11.3. The number of carbonyl (C=O) groups excluding carboxylic acids is 1. The van der Waals surface area contributed by atoms with Crippen molar-refractivity contribution in [2.24, 2.45) is 5.41 Å². The Hall–Kier alpha value is -1.52. The third-order valence-electron chi connectivity index (χ3n) is 2.15. The van der Waals surface area contributed by atoms with Crippen LogP contribution in [-0.2, 0) is 4.79 Å². The smallest absolute Gasteiger partial charge is 0.318 e. The third-order valence-corrected chi connectivity index (χ3v) is 2.15. The number of carbonyl (C=O) groups is 2. The molecule has 0 aromatic carbocycles. The Bertz CT molecular complexity index is 293. The lowest BCUT2D eigenvalue weighted by molar-refractivity contribution is -0.137. The molecular weight excluding hydrogens is 232 g/mol. The minimum absolute atomic E-state index is 0.0457. The third kappa shape index (κ3) is 12.5. The van der Waals surface area contributed by atoms with Gasteiger partial charge in [-0.3, -0.25) is 4.79 Å². The highest BCUT2D eigenvalue weighted by atomic mass is 16.4. The molecule has 0 saturated heterocycles. The largest absolute Gasteiger partial charge is 0.481 e. The fourth-order valence-corrected chi connectivity index (χ4v) is 1.20. The predicted octanol–water partition coefficient (Wildman–Crippen LogP) is 2.49. The van der Waals surface area contributed by atoms with Crippen molar-refractivity contribution in [3.8, 4) is 0 Å². The van der Waals surface area contributed by atoms with E-state index in [1.165, 1.54) is 0 Å². The number of rotatable bonds is 7. The predicted molar refractivity (Wildman–Crippen MR) is 71.2 cm³/mol. The SMILES string of the molecule is CC(C)(C)/C=C/NC(=O)NCCCCCC(=O)O. The molecule has 0 saturated carbocycles. The van der Waals surface area contributed by atoms with E-state index in [4.69, 9.17) is 5.11 Å². The van der Waals surface area contributed by atoms with Crippen molar-refractivity contribution in [3.05, 3.63) is 12.3 Å². The number of urea groups is 1. The highest BCUT2D eigenvalue weighted by Gasteiger charge is 2.04.